The van der Waals surface area contributed by atoms with Crippen LogP contribution in [0.4, 0.5) is 0 Å². The number of methoxy groups -OCH3 is 1. The smallest absolute Gasteiger partial charge is 0.236 e. The molecule has 2 fully saturated rings. The minimum Gasteiger partial charge on any atom is -0.497 e. The highest BCUT2D eigenvalue weighted by Gasteiger charge is 2.33. The molecule has 0 aromatic heterocycles. The van der Waals surface area contributed by atoms with E-state index in [9.17, 15) is 14.4 Å². The van der Waals surface area contributed by atoms with E-state index in [-0.39, 0.29) is 30.2 Å². The van der Waals surface area contributed by atoms with Crippen molar-refractivity contribution in [2.75, 3.05) is 59.5 Å². The summed E-state index contributed by atoms with van der Waals surface area (Å²) in [6.07, 6.45) is 6.24. The predicted molar refractivity (Wildman–Crippen MR) is 155 cm³/mol. The summed E-state index contributed by atoms with van der Waals surface area (Å²) >= 11 is 0. The molecular weight excluding hydrogens is 520 g/mol. The molecule has 0 spiro atoms. The number of piperidine rings is 1. The van der Waals surface area contributed by atoms with Crippen LogP contribution < -0.4 is 9.47 Å². The number of rotatable bonds is 6. The highest BCUT2D eigenvalue weighted by molar-refractivity contribution is 5.79. The van der Waals surface area contributed by atoms with Gasteiger partial charge in [0.2, 0.25) is 18.2 Å². The number of hydrogen-bond acceptors (Lipinski definition) is 6. The summed E-state index contributed by atoms with van der Waals surface area (Å²) in [7, 11) is 1.66. The average molecular weight is 561 g/mol. The van der Waals surface area contributed by atoms with Crippen molar-refractivity contribution in [2.24, 2.45) is 11.8 Å². The fourth-order valence-corrected chi connectivity index (χ4v) is 6.03. The van der Waals surface area contributed by atoms with E-state index >= 15 is 0 Å². The van der Waals surface area contributed by atoms with Crippen LogP contribution in [-0.2, 0) is 27.5 Å². The number of carbonyl (C=O) groups excluding carboxylic acids is 3. The van der Waals surface area contributed by atoms with Crippen LogP contribution in [0.5, 0.6) is 11.5 Å². The first-order chi connectivity index (χ1) is 20.0. The van der Waals surface area contributed by atoms with Crippen molar-refractivity contribution in [3.63, 3.8) is 0 Å². The van der Waals surface area contributed by atoms with Gasteiger partial charge in [-0.1, -0.05) is 42.5 Å². The Morgan fingerprint density at radius 2 is 1.88 bits per heavy atom. The molecule has 2 saturated heterocycles. The fourth-order valence-electron chi connectivity index (χ4n) is 6.03. The molecule has 2 aromatic rings. The summed E-state index contributed by atoms with van der Waals surface area (Å²) in [4.78, 5) is 45.6. The van der Waals surface area contributed by atoms with Crippen LogP contribution in [0.15, 0.2) is 60.7 Å². The first-order valence-electron chi connectivity index (χ1n) is 14.5. The highest BCUT2D eigenvalue weighted by atomic mass is 16.5. The lowest BCUT2D eigenvalue weighted by Gasteiger charge is -2.39. The molecule has 2 atom stereocenters. The van der Waals surface area contributed by atoms with Crippen molar-refractivity contribution >= 4 is 18.2 Å². The Morgan fingerprint density at radius 1 is 1.05 bits per heavy atom. The summed E-state index contributed by atoms with van der Waals surface area (Å²) < 4.78 is 11.6. The van der Waals surface area contributed by atoms with Gasteiger partial charge in [0.1, 0.15) is 18.1 Å². The third-order valence-corrected chi connectivity index (χ3v) is 8.40. The number of benzene rings is 2. The largest absolute Gasteiger partial charge is 0.497 e. The zero-order valence-electron chi connectivity index (χ0n) is 23.8. The Labute approximate surface area is 242 Å². The molecule has 0 aliphatic carbocycles. The van der Waals surface area contributed by atoms with Crippen LogP contribution in [0.3, 0.4) is 0 Å². The second-order valence-corrected chi connectivity index (χ2v) is 11.1. The Balaban J connectivity index is 1.32. The van der Waals surface area contributed by atoms with Gasteiger partial charge < -0.3 is 24.2 Å². The quantitative estimate of drug-likeness (QED) is 0.399. The summed E-state index contributed by atoms with van der Waals surface area (Å²) in [5, 5.41) is 0. The number of fused-ring (bicyclic) bond motifs is 3. The van der Waals surface area contributed by atoms with E-state index < -0.39 is 0 Å². The van der Waals surface area contributed by atoms with Crippen molar-refractivity contribution < 1.29 is 23.9 Å². The molecule has 2 aromatic carbocycles. The summed E-state index contributed by atoms with van der Waals surface area (Å²) in [6.45, 7) is 5.42. The summed E-state index contributed by atoms with van der Waals surface area (Å²) in [6, 6.07) is 15.9. The van der Waals surface area contributed by atoms with E-state index in [1.807, 2.05) is 52.3 Å². The number of ether oxygens (including phenoxy) is 2. The van der Waals surface area contributed by atoms with Gasteiger partial charge in [0, 0.05) is 64.3 Å². The molecule has 218 valence electrons. The summed E-state index contributed by atoms with van der Waals surface area (Å²) in [5.41, 5.74) is 2.11. The van der Waals surface area contributed by atoms with Crippen LogP contribution in [0, 0.1) is 11.8 Å². The minimum absolute atomic E-state index is 0.0688. The number of hydrogen-bond donors (Lipinski definition) is 0. The first-order valence-corrected chi connectivity index (χ1v) is 14.5. The Kier molecular flexibility index (Phi) is 9.56. The highest BCUT2D eigenvalue weighted by Crippen LogP contribution is 2.30. The maximum absolute atomic E-state index is 13.7. The molecule has 0 unspecified atom stereocenters. The molecule has 9 nitrogen and oxygen atoms in total. The third-order valence-electron chi connectivity index (χ3n) is 8.40. The van der Waals surface area contributed by atoms with Crippen molar-refractivity contribution in [3.8, 4) is 11.5 Å². The molecule has 9 heteroatoms. The molecule has 3 aliphatic rings. The van der Waals surface area contributed by atoms with Crippen molar-refractivity contribution in [3.05, 3.63) is 71.8 Å². The number of para-hydroxylation sites is 1. The fraction of sp³-hybridized carbons (Fsp3) is 0.469. The number of nitrogens with zero attached hydrogens (tertiary/aromatic N) is 4. The monoisotopic (exact) mass is 560 g/mol. The van der Waals surface area contributed by atoms with Gasteiger partial charge in [0.15, 0.2) is 0 Å². The van der Waals surface area contributed by atoms with Gasteiger partial charge in [-0.15, -0.1) is 0 Å². The van der Waals surface area contributed by atoms with E-state index in [4.69, 9.17) is 9.47 Å². The zero-order valence-corrected chi connectivity index (χ0v) is 23.8. The normalized spacial score (nSPS) is 22.9. The topological polar surface area (TPSA) is 82.6 Å². The van der Waals surface area contributed by atoms with Gasteiger partial charge in [-0.05, 0) is 42.0 Å². The van der Waals surface area contributed by atoms with Crippen molar-refractivity contribution in [1.29, 1.82) is 0 Å². The van der Waals surface area contributed by atoms with Gasteiger partial charge in [-0.2, -0.15) is 0 Å². The predicted octanol–water partition coefficient (Wildman–Crippen LogP) is 2.80. The second-order valence-electron chi connectivity index (χ2n) is 11.1. The summed E-state index contributed by atoms with van der Waals surface area (Å²) in [5.74, 6) is 2.05. The first kappa shape index (κ1) is 28.7. The van der Waals surface area contributed by atoms with Crippen LogP contribution >= 0.6 is 0 Å². The van der Waals surface area contributed by atoms with E-state index in [2.05, 4.69) is 23.1 Å². The lowest BCUT2D eigenvalue weighted by Crippen LogP contribution is -2.50. The van der Waals surface area contributed by atoms with Gasteiger partial charge in [-0.25, -0.2) is 0 Å². The second kappa shape index (κ2) is 13.7. The molecule has 0 N–H and O–H groups in total. The minimum atomic E-state index is 0.0688. The molecule has 3 aliphatic heterocycles. The van der Waals surface area contributed by atoms with Crippen molar-refractivity contribution in [1.82, 2.24) is 19.6 Å². The van der Waals surface area contributed by atoms with E-state index in [1.54, 1.807) is 12.0 Å². The van der Waals surface area contributed by atoms with Crippen molar-refractivity contribution in [2.45, 2.75) is 25.9 Å². The van der Waals surface area contributed by atoms with Crippen LogP contribution in [0.2, 0.25) is 0 Å². The Morgan fingerprint density at radius 3 is 2.68 bits per heavy atom. The molecule has 0 saturated carbocycles. The average Bonchev–Trinajstić information content (AvgIpc) is 3.01. The van der Waals surface area contributed by atoms with Gasteiger partial charge >= 0.3 is 0 Å². The molecule has 5 rings (SSSR count). The molecule has 3 heterocycles. The van der Waals surface area contributed by atoms with E-state index in [0.29, 0.717) is 65.4 Å². The van der Waals surface area contributed by atoms with Gasteiger partial charge in [0.25, 0.3) is 0 Å². The Bertz CT molecular complexity index is 1240. The molecule has 41 heavy (non-hydrogen) atoms. The maximum Gasteiger partial charge on any atom is 0.236 e. The van der Waals surface area contributed by atoms with E-state index in [1.165, 1.54) is 0 Å². The standard InChI is InChI=1S/C32H40N4O5/c1-40-29-9-4-6-25(18-29)20-34-21-28-7-2-3-10-30(28)41-17-5-8-27-22-36(32(39)23-34)12-11-26(27)19-31(38)35-15-13-33(24-37)14-16-35/h2-10,18,24,26-27H,11-17,19-23H2,1H3/b8-5-/t26-,27-/m0/s1. The molecular formula is C32H40N4O5. The number of amides is 3. The molecule has 3 amide bonds. The Hall–Kier alpha value is -3.85. The van der Waals surface area contributed by atoms with Crippen LogP contribution in [-0.4, -0.2) is 97.4 Å². The molecule has 0 radical (unpaired) electrons. The lowest BCUT2D eigenvalue weighted by molar-refractivity contribution is -0.138. The van der Waals surface area contributed by atoms with Crippen LogP contribution in [0.25, 0.3) is 0 Å². The van der Waals surface area contributed by atoms with Gasteiger partial charge in [-0.3, -0.25) is 19.3 Å². The maximum atomic E-state index is 13.7. The SMILES string of the molecule is COc1cccc(CN2CC(=O)N3CC[C@@H](CC(=O)N4CCN(C=O)CC4)[C@@H](/C=C\COc4ccccc4C2)C3)c1. The van der Waals surface area contributed by atoms with Gasteiger partial charge in [0.05, 0.1) is 13.7 Å². The van der Waals surface area contributed by atoms with E-state index in [0.717, 1.165) is 35.5 Å². The molecule has 2 bridgehead atoms. The zero-order chi connectivity index (χ0) is 28.6. The lowest BCUT2D eigenvalue weighted by atomic mass is 9.82. The van der Waals surface area contributed by atoms with Crippen LogP contribution in [0.1, 0.15) is 24.0 Å². The third kappa shape index (κ3) is 7.47. The number of piperazine rings is 1. The number of carbonyl (C=O) groups is 3.